The number of hydrogen-bond acceptors (Lipinski definition) is 3. The SMILES string of the molecule is CC(C)n1cccc1C(=O)N(C)C1CCN(Cc2ccncc2)CC1. The summed E-state index contributed by atoms with van der Waals surface area (Å²) in [6.07, 6.45) is 7.73. The predicted octanol–water partition coefficient (Wildman–Crippen LogP) is 3.20. The summed E-state index contributed by atoms with van der Waals surface area (Å²) in [5, 5.41) is 0. The van der Waals surface area contributed by atoms with Gasteiger partial charge in [0.05, 0.1) is 0 Å². The lowest BCUT2D eigenvalue weighted by Gasteiger charge is -2.37. The number of likely N-dealkylation sites (tertiary alicyclic amines) is 1. The van der Waals surface area contributed by atoms with Gasteiger partial charge in [-0.2, -0.15) is 0 Å². The standard InChI is InChI=1S/C20H28N4O/c1-16(2)24-12-4-5-19(24)20(25)22(3)18-8-13-23(14-9-18)15-17-6-10-21-11-7-17/h4-7,10-12,16,18H,8-9,13-15H2,1-3H3. The van der Waals surface area contributed by atoms with Crippen molar-refractivity contribution in [1.82, 2.24) is 19.4 Å². The van der Waals surface area contributed by atoms with Crippen LogP contribution in [-0.2, 0) is 6.54 Å². The third-order valence-electron chi connectivity index (χ3n) is 5.14. The van der Waals surface area contributed by atoms with E-state index in [0.29, 0.717) is 12.1 Å². The van der Waals surface area contributed by atoms with E-state index in [2.05, 4.69) is 40.4 Å². The van der Waals surface area contributed by atoms with Crippen molar-refractivity contribution in [3.8, 4) is 0 Å². The van der Waals surface area contributed by atoms with Crippen molar-refractivity contribution in [2.75, 3.05) is 20.1 Å². The number of carbonyl (C=O) groups excluding carboxylic acids is 1. The van der Waals surface area contributed by atoms with E-state index in [1.54, 1.807) is 0 Å². The Morgan fingerprint density at radius 2 is 1.92 bits per heavy atom. The molecule has 5 heteroatoms. The summed E-state index contributed by atoms with van der Waals surface area (Å²) in [5.74, 6) is 0.131. The average Bonchev–Trinajstić information content (AvgIpc) is 3.12. The van der Waals surface area contributed by atoms with Crippen LogP contribution in [0.1, 0.15) is 48.8 Å². The number of carbonyl (C=O) groups is 1. The van der Waals surface area contributed by atoms with Crippen molar-refractivity contribution in [2.45, 2.75) is 45.3 Å². The summed E-state index contributed by atoms with van der Waals surface area (Å²) in [6, 6.07) is 8.64. The highest BCUT2D eigenvalue weighted by atomic mass is 16.2. The molecule has 25 heavy (non-hydrogen) atoms. The van der Waals surface area contributed by atoms with Gasteiger partial charge in [-0.1, -0.05) is 0 Å². The van der Waals surface area contributed by atoms with Crippen molar-refractivity contribution < 1.29 is 4.79 Å². The molecule has 0 aliphatic carbocycles. The second kappa shape index (κ2) is 7.83. The molecule has 0 bridgehead atoms. The summed E-state index contributed by atoms with van der Waals surface area (Å²) in [6.45, 7) is 7.22. The molecule has 3 rings (SSSR count). The second-order valence-corrected chi connectivity index (χ2v) is 7.17. The van der Waals surface area contributed by atoms with Gasteiger partial charge in [0.25, 0.3) is 5.91 Å². The number of rotatable bonds is 5. The van der Waals surface area contributed by atoms with Crippen molar-refractivity contribution in [2.24, 2.45) is 0 Å². The fourth-order valence-corrected chi connectivity index (χ4v) is 3.58. The van der Waals surface area contributed by atoms with E-state index < -0.39 is 0 Å². The van der Waals surface area contributed by atoms with Crippen molar-refractivity contribution in [3.63, 3.8) is 0 Å². The molecule has 0 saturated carbocycles. The van der Waals surface area contributed by atoms with Crippen LogP contribution < -0.4 is 0 Å². The minimum Gasteiger partial charge on any atom is -0.341 e. The molecule has 5 nitrogen and oxygen atoms in total. The fourth-order valence-electron chi connectivity index (χ4n) is 3.58. The van der Waals surface area contributed by atoms with Gasteiger partial charge in [-0.05, 0) is 56.5 Å². The maximum Gasteiger partial charge on any atom is 0.270 e. The summed E-state index contributed by atoms with van der Waals surface area (Å²) in [7, 11) is 1.95. The molecule has 0 aromatic carbocycles. The number of hydrogen-bond donors (Lipinski definition) is 0. The minimum atomic E-state index is 0.131. The number of aromatic nitrogens is 2. The van der Waals surface area contributed by atoms with E-state index in [4.69, 9.17) is 0 Å². The Morgan fingerprint density at radius 3 is 2.56 bits per heavy atom. The molecular formula is C20H28N4O. The lowest BCUT2D eigenvalue weighted by Crippen LogP contribution is -2.45. The molecule has 2 aromatic heterocycles. The maximum absolute atomic E-state index is 12.9. The topological polar surface area (TPSA) is 41.4 Å². The van der Waals surface area contributed by atoms with Crippen LogP contribution in [0.5, 0.6) is 0 Å². The Bertz CT molecular complexity index is 687. The summed E-state index contributed by atoms with van der Waals surface area (Å²) >= 11 is 0. The molecule has 1 aliphatic heterocycles. The predicted molar refractivity (Wildman–Crippen MR) is 99.4 cm³/mol. The van der Waals surface area contributed by atoms with Crippen LogP contribution >= 0.6 is 0 Å². The number of amides is 1. The molecule has 0 spiro atoms. The Kier molecular flexibility index (Phi) is 5.53. The zero-order valence-corrected chi connectivity index (χ0v) is 15.4. The number of nitrogens with zero attached hydrogens (tertiary/aromatic N) is 4. The molecule has 134 valence electrons. The summed E-state index contributed by atoms with van der Waals surface area (Å²) < 4.78 is 2.05. The van der Waals surface area contributed by atoms with Gasteiger partial charge in [0.2, 0.25) is 0 Å². The van der Waals surface area contributed by atoms with E-state index in [1.807, 2.05) is 42.7 Å². The average molecular weight is 340 g/mol. The molecule has 1 aliphatic rings. The lowest BCUT2D eigenvalue weighted by molar-refractivity contribution is 0.0624. The lowest BCUT2D eigenvalue weighted by atomic mass is 10.0. The minimum absolute atomic E-state index is 0.131. The summed E-state index contributed by atoms with van der Waals surface area (Å²) in [4.78, 5) is 21.4. The quantitative estimate of drug-likeness (QED) is 0.839. The van der Waals surface area contributed by atoms with E-state index in [-0.39, 0.29) is 5.91 Å². The van der Waals surface area contributed by atoms with Gasteiger partial charge in [0, 0.05) is 57.4 Å². The van der Waals surface area contributed by atoms with Crippen LogP contribution in [0.3, 0.4) is 0 Å². The number of pyridine rings is 1. The van der Waals surface area contributed by atoms with Crippen LogP contribution in [0.15, 0.2) is 42.9 Å². The third kappa shape index (κ3) is 4.10. The first-order valence-corrected chi connectivity index (χ1v) is 9.11. The van der Waals surface area contributed by atoms with Crippen molar-refractivity contribution >= 4 is 5.91 Å². The Balaban J connectivity index is 1.57. The highest BCUT2D eigenvalue weighted by molar-refractivity contribution is 5.92. The largest absolute Gasteiger partial charge is 0.341 e. The summed E-state index contributed by atoms with van der Waals surface area (Å²) in [5.41, 5.74) is 2.09. The zero-order chi connectivity index (χ0) is 17.8. The monoisotopic (exact) mass is 340 g/mol. The van der Waals surface area contributed by atoms with Gasteiger partial charge in [-0.25, -0.2) is 0 Å². The Morgan fingerprint density at radius 1 is 1.24 bits per heavy atom. The zero-order valence-electron chi connectivity index (χ0n) is 15.4. The van der Waals surface area contributed by atoms with Crippen LogP contribution in [0.25, 0.3) is 0 Å². The molecule has 0 N–H and O–H groups in total. The third-order valence-corrected chi connectivity index (χ3v) is 5.14. The van der Waals surface area contributed by atoms with Crippen molar-refractivity contribution in [1.29, 1.82) is 0 Å². The van der Waals surface area contributed by atoms with Gasteiger partial charge in [0.1, 0.15) is 5.69 Å². The van der Waals surface area contributed by atoms with Crippen LogP contribution in [-0.4, -0.2) is 51.4 Å². The van der Waals surface area contributed by atoms with Crippen molar-refractivity contribution in [3.05, 3.63) is 54.1 Å². The van der Waals surface area contributed by atoms with Crippen LogP contribution in [0.2, 0.25) is 0 Å². The number of piperidine rings is 1. The molecule has 1 fully saturated rings. The molecule has 0 atom stereocenters. The Labute approximate surface area is 150 Å². The first-order valence-electron chi connectivity index (χ1n) is 9.11. The van der Waals surface area contributed by atoms with Gasteiger partial charge in [-0.3, -0.25) is 14.7 Å². The van der Waals surface area contributed by atoms with E-state index in [1.165, 1.54) is 5.56 Å². The molecule has 0 unspecified atom stereocenters. The fraction of sp³-hybridized carbons (Fsp3) is 0.500. The van der Waals surface area contributed by atoms with Gasteiger partial charge in [-0.15, -0.1) is 0 Å². The first-order chi connectivity index (χ1) is 12.1. The molecular weight excluding hydrogens is 312 g/mol. The molecule has 0 radical (unpaired) electrons. The van der Waals surface area contributed by atoms with Crippen LogP contribution in [0.4, 0.5) is 0 Å². The van der Waals surface area contributed by atoms with Gasteiger partial charge in [0.15, 0.2) is 0 Å². The normalized spacial score (nSPS) is 16.3. The smallest absolute Gasteiger partial charge is 0.270 e. The van der Waals surface area contributed by atoms with Gasteiger partial charge >= 0.3 is 0 Å². The molecule has 3 heterocycles. The van der Waals surface area contributed by atoms with E-state index >= 15 is 0 Å². The van der Waals surface area contributed by atoms with E-state index in [9.17, 15) is 4.79 Å². The maximum atomic E-state index is 12.9. The van der Waals surface area contributed by atoms with Crippen LogP contribution in [0, 0.1) is 0 Å². The molecule has 1 amide bonds. The second-order valence-electron chi connectivity index (χ2n) is 7.17. The molecule has 2 aromatic rings. The van der Waals surface area contributed by atoms with Gasteiger partial charge < -0.3 is 9.47 Å². The first kappa shape index (κ1) is 17.7. The highest BCUT2D eigenvalue weighted by Gasteiger charge is 2.27. The highest BCUT2D eigenvalue weighted by Crippen LogP contribution is 2.20. The Hall–Kier alpha value is -2.14. The molecule has 1 saturated heterocycles. The van der Waals surface area contributed by atoms with E-state index in [0.717, 1.165) is 38.2 Å².